The Morgan fingerprint density at radius 2 is 1.33 bits per heavy atom. The van der Waals surface area contributed by atoms with Crippen LogP contribution in [0.4, 0.5) is 9.59 Å². The van der Waals surface area contributed by atoms with Gasteiger partial charge in [-0.15, -0.1) is 0 Å². The number of rotatable bonds is 11. The van der Waals surface area contributed by atoms with Gasteiger partial charge in [-0.3, -0.25) is 9.59 Å². The van der Waals surface area contributed by atoms with Gasteiger partial charge in [-0.05, 0) is 102 Å². The molecule has 1 saturated carbocycles. The lowest BCUT2D eigenvalue weighted by Gasteiger charge is -2.36. The van der Waals surface area contributed by atoms with Crippen molar-refractivity contribution in [2.45, 2.75) is 75.2 Å². The molecule has 6 aromatic rings. The first-order valence-corrected chi connectivity index (χ1v) is 23.0. The number of amides is 4. The Labute approximate surface area is 382 Å². The normalized spacial score (nSPS) is 21.4. The number of alkyl carbamates (subject to hydrolysis) is 2. The third-order valence-corrected chi connectivity index (χ3v) is 14.1. The second-order valence-corrected chi connectivity index (χ2v) is 17.9. The van der Waals surface area contributed by atoms with Crippen molar-refractivity contribution >= 4 is 34.8 Å². The molecule has 0 spiro atoms. The number of nitrogens with zero attached hydrogens (tertiary/aromatic N) is 4. The number of hydrogen-bond donors (Lipinski definition) is 4. The number of carbonyl (C=O) groups excluding carboxylic acids is 4. The molecule has 340 valence electrons. The third-order valence-electron chi connectivity index (χ3n) is 14.1. The van der Waals surface area contributed by atoms with Crippen LogP contribution in [0.1, 0.15) is 80.3 Å². The van der Waals surface area contributed by atoms with Crippen LogP contribution in [0.25, 0.3) is 44.4 Å². The maximum atomic E-state index is 14.3. The number of nitrogens with one attached hydrogen (secondary N) is 4. The molecule has 3 saturated heterocycles. The molecule has 2 bridgehead atoms. The van der Waals surface area contributed by atoms with Gasteiger partial charge in [0.05, 0.1) is 50.1 Å². The maximum Gasteiger partial charge on any atom is 0.407 e. The molecular formula is C51H54N8O7. The molecule has 5 heterocycles. The molecule has 1 aliphatic carbocycles. The molecule has 0 radical (unpaired) electrons. The fourth-order valence-electron chi connectivity index (χ4n) is 10.7. The number of piperidine rings is 1. The van der Waals surface area contributed by atoms with Gasteiger partial charge in [0.2, 0.25) is 5.91 Å². The van der Waals surface area contributed by atoms with E-state index in [2.05, 4.69) is 81.3 Å². The van der Waals surface area contributed by atoms with E-state index in [4.69, 9.17) is 24.2 Å². The van der Waals surface area contributed by atoms with Crippen LogP contribution in [0.3, 0.4) is 0 Å². The SMILES string of the molecule is COC(=O)N[C@H](C(=O)N1CCC[C@H]1c1ncc(-c2ccc3cc(-c4ccc(-c5cnc([C@@H]6[C@H]7CC[C@H](C7)N6C(=O)[C@H](NC(=O)OC)c6ccccc6)[nH]5)cc4)ccc3c2)[nH]1)C1CCOCC1. The smallest absolute Gasteiger partial charge is 0.407 e. The second-order valence-electron chi connectivity index (χ2n) is 17.9. The Morgan fingerprint density at radius 1 is 0.697 bits per heavy atom. The van der Waals surface area contributed by atoms with E-state index in [1.54, 1.807) is 0 Å². The number of fused-ring (bicyclic) bond motifs is 3. The number of aromatic amines is 2. The van der Waals surface area contributed by atoms with Gasteiger partial charge in [-0.2, -0.15) is 0 Å². The first-order chi connectivity index (χ1) is 32.3. The number of likely N-dealkylation sites (tertiary alicyclic amines) is 2. The molecule has 4 fully saturated rings. The van der Waals surface area contributed by atoms with E-state index >= 15 is 0 Å². The van der Waals surface area contributed by atoms with Crippen molar-refractivity contribution in [3.63, 3.8) is 0 Å². The first kappa shape index (κ1) is 42.9. The van der Waals surface area contributed by atoms with Crippen molar-refractivity contribution in [1.29, 1.82) is 0 Å². The number of imidazole rings is 2. The molecule has 66 heavy (non-hydrogen) atoms. The van der Waals surface area contributed by atoms with E-state index in [0.717, 1.165) is 88.2 Å². The first-order valence-electron chi connectivity index (χ1n) is 23.0. The highest BCUT2D eigenvalue weighted by Crippen LogP contribution is 2.50. The second kappa shape index (κ2) is 18.5. The Kier molecular flexibility index (Phi) is 12.0. The van der Waals surface area contributed by atoms with Crippen LogP contribution >= 0.6 is 0 Å². The van der Waals surface area contributed by atoms with Crippen LogP contribution in [-0.2, 0) is 23.8 Å². The third kappa shape index (κ3) is 8.39. The largest absolute Gasteiger partial charge is 0.453 e. The molecule has 10 rings (SSSR count). The average molecular weight is 891 g/mol. The van der Waals surface area contributed by atoms with Gasteiger partial charge < -0.3 is 44.6 Å². The molecule has 6 atom stereocenters. The topological polar surface area (TPSA) is 184 Å². The summed E-state index contributed by atoms with van der Waals surface area (Å²) in [4.78, 5) is 73.6. The van der Waals surface area contributed by atoms with Crippen LogP contribution in [0.15, 0.2) is 103 Å². The summed E-state index contributed by atoms with van der Waals surface area (Å²) in [7, 11) is 2.61. The van der Waals surface area contributed by atoms with Crippen molar-refractivity contribution in [2.24, 2.45) is 11.8 Å². The van der Waals surface area contributed by atoms with Crippen molar-refractivity contribution < 1.29 is 33.4 Å². The lowest BCUT2D eigenvalue weighted by molar-refractivity contribution is -0.138. The van der Waals surface area contributed by atoms with E-state index in [0.29, 0.717) is 38.2 Å². The van der Waals surface area contributed by atoms with E-state index in [-0.39, 0.29) is 41.8 Å². The quantitative estimate of drug-likeness (QED) is 0.0995. The summed E-state index contributed by atoms with van der Waals surface area (Å²) in [5, 5.41) is 7.79. The summed E-state index contributed by atoms with van der Waals surface area (Å²) < 4.78 is 15.3. The van der Waals surface area contributed by atoms with E-state index in [9.17, 15) is 19.2 Å². The van der Waals surface area contributed by atoms with Gasteiger partial charge in [0.25, 0.3) is 5.91 Å². The highest BCUT2D eigenvalue weighted by Gasteiger charge is 2.51. The molecule has 4 aliphatic rings. The summed E-state index contributed by atoms with van der Waals surface area (Å²) in [6.07, 6.45) is 8.25. The Balaban J connectivity index is 0.824. The molecular weight excluding hydrogens is 837 g/mol. The number of carbonyl (C=O) groups is 4. The van der Waals surface area contributed by atoms with E-state index in [1.165, 1.54) is 14.2 Å². The van der Waals surface area contributed by atoms with Gasteiger partial charge in [-0.25, -0.2) is 19.6 Å². The number of hydrogen-bond acceptors (Lipinski definition) is 9. The molecule has 4 aromatic carbocycles. The predicted molar refractivity (Wildman–Crippen MR) is 247 cm³/mol. The Hall–Kier alpha value is -7.00. The average Bonchev–Trinajstić information content (AvgIpc) is 4.24. The van der Waals surface area contributed by atoms with Gasteiger partial charge in [0, 0.05) is 31.4 Å². The predicted octanol–water partition coefficient (Wildman–Crippen LogP) is 8.25. The number of ether oxygens (including phenoxy) is 3. The molecule has 3 aliphatic heterocycles. The number of benzene rings is 4. The van der Waals surface area contributed by atoms with Crippen LogP contribution in [-0.4, -0.2) is 99.8 Å². The van der Waals surface area contributed by atoms with Gasteiger partial charge in [0.15, 0.2) is 0 Å². The number of methoxy groups -OCH3 is 2. The highest BCUT2D eigenvalue weighted by molar-refractivity contribution is 5.91. The van der Waals surface area contributed by atoms with E-state index in [1.807, 2.05) is 52.5 Å². The monoisotopic (exact) mass is 890 g/mol. The standard InChI is InChI=1S/C51H54N8O7/c1-64-50(62)56-43(33-20-23-66-24-21-33)48(60)58-22-6-9-42(58)46-52-29-41(54-46)37-17-16-35-25-34(14-15-36(35)26-37)30-10-12-31(13-11-30)40-28-53-47(55-40)45-38-18-19-39(27-38)59(45)49(61)44(57-51(63)65-2)32-7-4-3-5-8-32/h3-5,7-8,10-17,25-26,28-29,33,38-39,42-45H,6,9,18-24,27H2,1-2H3,(H,52,54)(H,53,55)(H,56,62)(H,57,63)/t38-,39+,42-,43-,44+,45-/m0/s1. The summed E-state index contributed by atoms with van der Waals surface area (Å²) in [6.45, 7) is 1.71. The van der Waals surface area contributed by atoms with Crippen molar-refractivity contribution in [1.82, 2.24) is 40.4 Å². The fourth-order valence-corrected chi connectivity index (χ4v) is 10.7. The molecule has 15 nitrogen and oxygen atoms in total. The van der Waals surface area contributed by atoms with Crippen molar-refractivity contribution in [3.05, 3.63) is 121 Å². The lowest BCUT2D eigenvalue weighted by atomic mass is 9.90. The zero-order chi connectivity index (χ0) is 45.3. The summed E-state index contributed by atoms with van der Waals surface area (Å²) in [6, 6.07) is 28.6. The fraction of sp³-hybridized carbons (Fsp3) is 0.373. The zero-order valence-electron chi connectivity index (χ0n) is 37.1. The minimum absolute atomic E-state index is 0.0304. The summed E-state index contributed by atoms with van der Waals surface area (Å²) in [5.74, 6) is 1.45. The van der Waals surface area contributed by atoms with Gasteiger partial charge in [-0.1, -0.05) is 78.9 Å². The maximum absolute atomic E-state index is 14.3. The van der Waals surface area contributed by atoms with Crippen LogP contribution < -0.4 is 10.6 Å². The number of aromatic nitrogens is 4. The van der Waals surface area contributed by atoms with Crippen molar-refractivity contribution in [2.75, 3.05) is 34.0 Å². The molecule has 4 N–H and O–H groups in total. The Bertz CT molecular complexity index is 2730. The summed E-state index contributed by atoms with van der Waals surface area (Å²) >= 11 is 0. The van der Waals surface area contributed by atoms with E-state index < -0.39 is 24.3 Å². The zero-order valence-corrected chi connectivity index (χ0v) is 37.1. The lowest BCUT2D eigenvalue weighted by Crippen LogP contribution is -2.53. The molecule has 4 amide bonds. The minimum Gasteiger partial charge on any atom is -0.453 e. The minimum atomic E-state index is -0.876. The highest BCUT2D eigenvalue weighted by atomic mass is 16.5. The Morgan fingerprint density at radius 3 is 2.08 bits per heavy atom. The van der Waals surface area contributed by atoms with Crippen LogP contribution in [0.5, 0.6) is 0 Å². The summed E-state index contributed by atoms with van der Waals surface area (Å²) in [5.41, 5.74) is 6.58. The van der Waals surface area contributed by atoms with Gasteiger partial charge in [0.1, 0.15) is 23.7 Å². The van der Waals surface area contributed by atoms with Crippen molar-refractivity contribution in [3.8, 4) is 33.6 Å². The van der Waals surface area contributed by atoms with Crippen LogP contribution in [0, 0.1) is 11.8 Å². The molecule has 15 heteroatoms. The number of H-pyrrole nitrogens is 2. The molecule has 2 aromatic heterocycles. The van der Waals surface area contributed by atoms with Crippen LogP contribution in [0.2, 0.25) is 0 Å². The molecule has 0 unspecified atom stereocenters. The van der Waals surface area contributed by atoms with Gasteiger partial charge >= 0.3 is 12.2 Å².